The third-order valence-corrected chi connectivity index (χ3v) is 6.48. The van der Waals surface area contributed by atoms with Gasteiger partial charge in [-0.05, 0) is 52.0 Å². The molecule has 0 unspecified atom stereocenters. The molecule has 1 aromatic heterocycles. The molecule has 10 heteroatoms. The number of carbonyl (C=O) groups is 2. The van der Waals surface area contributed by atoms with Crippen molar-refractivity contribution in [3.63, 3.8) is 0 Å². The van der Waals surface area contributed by atoms with Gasteiger partial charge in [0.05, 0.1) is 22.2 Å². The fourth-order valence-corrected chi connectivity index (χ4v) is 4.61. The number of carbonyl (C=O) groups excluding carboxylic acids is 2. The highest BCUT2D eigenvalue weighted by molar-refractivity contribution is 7.99. The van der Waals surface area contributed by atoms with Gasteiger partial charge in [0.1, 0.15) is 5.82 Å². The summed E-state index contributed by atoms with van der Waals surface area (Å²) in [6.45, 7) is 9.50. The third kappa shape index (κ3) is 6.67. The summed E-state index contributed by atoms with van der Waals surface area (Å²) in [6.07, 6.45) is 0. The van der Waals surface area contributed by atoms with Crippen LogP contribution in [0.5, 0.6) is 0 Å². The molecule has 0 aliphatic carbocycles. The summed E-state index contributed by atoms with van der Waals surface area (Å²) < 4.78 is 15.3. The molecule has 3 rings (SSSR count). The van der Waals surface area contributed by atoms with Gasteiger partial charge in [0.2, 0.25) is 5.91 Å². The van der Waals surface area contributed by atoms with Gasteiger partial charge >= 0.3 is 0 Å². The summed E-state index contributed by atoms with van der Waals surface area (Å²) in [5.74, 6) is -2.06. The van der Waals surface area contributed by atoms with E-state index in [-0.39, 0.29) is 16.9 Å². The summed E-state index contributed by atoms with van der Waals surface area (Å²) >= 11 is 1.10. The first kappa shape index (κ1) is 26.4. The maximum Gasteiger partial charge on any atom is 0.272 e. The number of para-hydroxylation sites is 1. The molecular weight excluding hydrogens is 469 g/mol. The van der Waals surface area contributed by atoms with Crippen LogP contribution in [0.1, 0.15) is 38.1 Å². The van der Waals surface area contributed by atoms with E-state index >= 15 is 0 Å². The van der Waals surface area contributed by atoms with Crippen molar-refractivity contribution in [3.8, 4) is 0 Å². The fourth-order valence-electron chi connectivity index (χ4n) is 3.79. The monoisotopic (exact) mass is 499 g/mol. The molecule has 1 heterocycles. The quantitative estimate of drug-likeness (QED) is 0.267. The highest BCUT2D eigenvalue weighted by atomic mass is 32.2. The molecule has 0 atom stereocenters. The van der Waals surface area contributed by atoms with E-state index in [1.54, 1.807) is 28.8 Å². The lowest BCUT2D eigenvalue weighted by atomic mass is 10.2. The standard InChI is InChI=1S/C25H30FN5O3S/c1-16(2)30(17(3)4)13-14-31-24(34)19-10-6-8-12-21(19)27-25(31)35-15-22(32)28-29-23(33)18-9-5-7-11-20(18)26/h5-12,16-17H,13-15H2,1-4H3,(H,28,32)(H,29,33). The number of halogens is 1. The van der Waals surface area contributed by atoms with Gasteiger partial charge in [0.15, 0.2) is 5.16 Å². The van der Waals surface area contributed by atoms with Crippen LogP contribution >= 0.6 is 11.8 Å². The minimum absolute atomic E-state index is 0.0968. The molecular formula is C25H30FN5O3S. The maximum absolute atomic E-state index is 13.8. The Balaban J connectivity index is 1.74. The number of fused-ring (bicyclic) bond motifs is 1. The summed E-state index contributed by atoms with van der Waals surface area (Å²) in [6, 6.07) is 13.2. The summed E-state index contributed by atoms with van der Waals surface area (Å²) in [5, 5.41) is 0.927. The van der Waals surface area contributed by atoms with Crippen molar-refractivity contribution < 1.29 is 14.0 Å². The van der Waals surface area contributed by atoms with Gasteiger partial charge in [-0.15, -0.1) is 0 Å². The number of amides is 2. The lowest BCUT2D eigenvalue weighted by Crippen LogP contribution is -2.43. The van der Waals surface area contributed by atoms with Crippen LogP contribution in [0.2, 0.25) is 0 Å². The number of nitrogens with one attached hydrogen (secondary N) is 2. The third-order valence-electron chi connectivity index (χ3n) is 5.50. The van der Waals surface area contributed by atoms with Crippen LogP contribution in [-0.4, -0.2) is 50.6 Å². The molecule has 8 nitrogen and oxygen atoms in total. The molecule has 0 saturated carbocycles. The topological polar surface area (TPSA) is 96.3 Å². The average Bonchev–Trinajstić information content (AvgIpc) is 2.82. The molecule has 2 aromatic carbocycles. The van der Waals surface area contributed by atoms with Gasteiger partial charge in [-0.3, -0.25) is 34.7 Å². The first-order valence-electron chi connectivity index (χ1n) is 11.4. The number of nitrogens with zero attached hydrogens (tertiary/aromatic N) is 3. The molecule has 0 aliphatic heterocycles. The fraction of sp³-hybridized carbons (Fsp3) is 0.360. The smallest absolute Gasteiger partial charge is 0.272 e. The van der Waals surface area contributed by atoms with Crippen LogP contribution in [0.25, 0.3) is 10.9 Å². The van der Waals surface area contributed by atoms with E-state index in [1.807, 2.05) is 0 Å². The highest BCUT2D eigenvalue weighted by Crippen LogP contribution is 2.18. The first-order chi connectivity index (χ1) is 16.7. The minimum atomic E-state index is -0.760. The average molecular weight is 500 g/mol. The second-order valence-corrected chi connectivity index (χ2v) is 9.51. The Bertz CT molecular complexity index is 1250. The zero-order chi connectivity index (χ0) is 25.5. The zero-order valence-corrected chi connectivity index (χ0v) is 21.1. The molecule has 2 amide bonds. The number of hydrogen-bond acceptors (Lipinski definition) is 6. The van der Waals surface area contributed by atoms with Crippen molar-refractivity contribution in [2.45, 2.75) is 51.5 Å². The van der Waals surface area contributed by atoms with Gasteiger partial charge in [0.25, 0.3) is 11.5 Å². The van der Waals surface area contributed by atoms with E-state index in [0.29, 0.717) is 41.2 Å². The molecule has 0 radical (unpaired) electrons. The van der Waals surface area contributed by atoms with Crippen LogP contribution in [0, 0.1) is 5.82 Å². The Morgan fingerprint density at radius 1 is 1.03 bits per heavy atom. The Morgan fingerprint density at radius 3 is 2.37 bits per heavy atom. The zero-order valence-electron chi connectivity index (χ0n) is 20.2. The van der Waals surface area contributed by atoms with E-state index in [0.717, 1.165) is 17.8 Å². The van der Waals surface area contributed by atoms with E-state index in [9.17, 15) is 18.8 Å². The van der Waals surface area contributed by atoms with Crippen molar-refractivity contribution >= 4 is 34.5 Å². The molecule has 35 heavy (non-hydrogen) atoms. The Hall–Kier alpha value is -3.24. The largest absolute Gasteiger partial charge is 0.297 e. The number of thioether (sulfide) groups is 1. The second kappa shape index (κ2) is 11.9. The number of rotatable bonds is 9. The maximum atomic E-state index is 13.8. The van der Waals surface area contributed by atoms with Crippen molar-refractivity contribution in [2.24, 2.45) is 0 Å². The van der Waals surface area contributed by atoms with E-state index in [1.165, 1.54) is 18.2 Å². The van der Waals surface area contributed by atoms with Crippen LogP contribution in [0.4, 0.5) is 4.39 Å². The number of hydrazine groups is 1. The Morgan fingerprint density at radius 2 is 1.69 bits per heavy atom. The van der Waals surface area contributed by atoms with Gasteiger partial charge < -0.3 is 0 Å². The predicted molar refractivity (Wildman–Crippen MR) is 136 cm³/mol. The molecule has 0 saturated heterocycles. The number of benzene rings is 2. The second-order valence-electron chi connectivity index (χ2n) is 8.56. The van der Waals surface area contributed by atoms with Crippen molar-refractivity contribution in [2.75, 3.05) is 12.3 Å². The van der Waals surface area contributed by atoms with Gasteiger partial charge in [0, 0.05) is 25.2 Å². The van der Waals surface area contributed by atoms with E-state index < -0.39 is 17.6 Å². The molecule has 0 fully saturated rings. The molecule has 3 aromatic rings. The lowest BCUT2D eigenvalue weighted by Gasteiger charge is -2.30. The van der Waals surface area contributed by atoms with Crippen molar-refractivity contribution in [1.82, 2.24) is 25.3 Å². The SMILES string of the molecule is CC(C)N(CCn1c(SCC(=O)NNC(=O)c2ccccc2F)nc2ccccc2c1=O)C(C)C. The molecule has 186 valence electrons. The normalized spacial score (nSPS) is 11.4. The van der Waals surface area contributed by atoms with Gasteiger partial charge in [-0.25, -0.2) is 9.37 Å². The van der Waals surface area contributed by atoms with E-state index in [4.69, 9.17) is 0 Å². The van der Waals surface area contributed by atoms with Gasteiger partial charge in [-0.1, -0.05) is 36.0 Å². The highest BCUT2D eigenvalue weighted by Gasteiger charge is 2.18. The van der Waals surface area contributed by atoms with Crippen LogP contribution in [0.3, 0.4) is 0 Å². The predicted octanol–water partition coefficient (Wildman–Crippen LogP) is 3.21. The molecule has 0 aliphatic rings. The van der Waals surface area contributed by atoms with E-state index in [2.05, 4.69) is 48.4 Å². The number of aromatic nitrogens is 2. The lowest BCUT2D eigenvalue weighted by molar-refractivity contribution is -0.119. The van der Waals surface area contributed by atoms with Crippen LogP contribution < -0.4 is 16.4 Å². The summed E-state index contributed by atoms with van der Waals surface area (Å²) in [4.78, 5) is 44.6. The Labute approximate surface area is 207 Å². The number of hydrogen-bond donors (Lipinski definition) is 2. The van der Waals surface area contributed by atoms with Crippen LogP contribution in [-0.2, 0) is 11.3 Å². The minimum Gasteiger partial charge on any atom is -0.297 e. The Kier molecular flexibility index (Phi) is 9.00. The first-order valence-corrected chi connectivity index (χ1v) is 12.4. The van der Waals surface area contributed by atoms with Crippen LogP contribution in [0.15, 0.2) is 58.5 Å². The molecule has 0 bridgehead atoms. The van der Waals surface area contributed by atoms with Gasteiger partial charge in [-0.2, -0.15) is 0 Å². The summed E-state index contributed by atoms with van der Waals surface area (Å²) in [7, 11) is 0. The summed E-state index contributed by atoms with van der Waals surface area (Å²) in [5.41, 5.74) is 4.70. The van der Waals surface area contributed by atoms with Crippen molar-refractivity contribution in [1.29, 1.82) is 0 Å². The molecule has 0 spiro atoms. The molecule has 2 N–H and O–H groups in total. The van der Waals surface area contributed by atoms with Crippen molar-refractivity contribution in [3.05, 3.63) is 70.3 Å².